The Labute approximate surface area is 186 Å². The molecule has 1 amide bonds. The Morgan fingerprint density at radius 1 is 1.10 bits per heavy atom. The Hall–Kier alpha value is -3.33. The molecular formula is C22H26N6O2S. The third kappa shape index (κ3) is 6.08. The van der Waals surface area contributed by atoms with Crippen LogP contribution in [0, 0.1) is 20.8 Å². The number of ether oxygens (including phenoxy) is 1. The molecule has 4 N–H and O–H groups in total. The second kappa shape index (κ2) is 10.1. The van der Waals surface area contributed by atoms with Gasteiger partial charge in [0.05, 0.1) is 24.3 Å². The molecule has 0 spiro atoms. The monoisotopic (exact) mass is 438 g/mol. The predicted molar refractivity (Wildman–Crippen MR) is 126 cm³/mol. The summed E-state index contributed by atoms with van der Waals surface area (Å²) in [6.45, 7) is 6.03. The van der Waals surface area contributed by atoms with Crippen molar-refractivity contribution in [1.29, 1.82) is 0 Å². The number of para-hydroxylation sites is 2. The van der Waals surface area contributed by atoms with Crippen LogP contribution < -0.4 is 21.1 Å². The molecule has 0 radical (unpaired) electrons. The summed E-state index contributed by atoms with van der Waals surface area (Å²) in [7, 11) is 1.59. The van der Waals surface area contributed by atoms with Gasteiger partial charge in [-0.25, -0.2) is 0 Å². The number of nitrogens with one attached hydrogen (secondary N) is 2. The topological polar surface area (TPSA) is 115 Å². The van der Waals surface area contributed by atoms with E-state index in [-0.39, 0.29) is 17.6 Å². The van der Waals surface area contributed by atoms with E-state index >= 15 is 0 Å². The van der Waals surface area contributed by atoms with Gasteiger partial charge >= 0.3 is 0 Å². The maximum Gasteiger partial charge on any atom is 0.234 e. The van der Waals surface area contributed by atoms with E-state index < -0.39 is 0 Å². The van der Waals surface area contributed by atoms with E-state index in [2.05, 4.69) is 37.7 Å². The Balaban J connectivity index is 1.60. The number of hydrogen-bond donors (Lipinski definition) is 3. The third-order valence-electron chi connectivity index (χ3n) is 4.46. The summed E-state index contributed by atoms with van der Waals surface area (Å²) in [6.07, 6.45) is 0. The molecular weight excluding hydrogens is 412 g/mol. The van der Waals surface area contributed by atoms with Crippen molar-refractivity contribution in [3.63, 3.8) is 0 Å². The van der Waals surface area contributed by atoms with Crippen molar-refractivity contribution < 1.29 is 9.53 Å². The normalized spacial score (nSPS) is 10.6. The van der Waals surface area contributed by atoms with Gasteiger partial charge in [-0.1, -0.05) is 29.8 Å². The van der Waals surface area contributed by atoms with Crippen LogP contribution in [0.1, 0.15) is 22.5 Å². The van der Waals surface area contributed by atoms with Gasteiger partial charge in [-0.2, -0.15) is 15.0 Å². The highest BCUT2D eigenvalue weighted by atomic mass is 32.2. The second-order valence-electron chi connectivity index (χ2n) is 7.07. The van der Waals surface area contributed by atoms with Crippen LogP contribution in [-0.2, 0) is 10.5 Å². The fourth-order valence-electron chi connectivity index (χ4n) is 3.21. The SMILES string of the molecule is COc1ccccc1Nc1nc(N)nc(CSCC(=O)Nc2c(C)cc(C)cc2C)n1. The van der Waals surface area contributed by atoms with Crippen molar-refractivity contribution in [3.8, 4) is 5.75 Å². The van der Waals surface area contributed by atoms with E-state index in [4.69, 9.17) is 10.5 Å². The van der Waals surface area contributed by atoms with Gasteiger partial charge in [0.2, 0.25) is 17.8 Å². The predicted octanol–water partition coefficient (Wildman–Crippen LogP) is 4.00. The standard InChI is InChI=1S/C22H26N6O2S/c1-13-9-14(2)20(15(3)10-13)27-19(29)12-31-11-18-25-21(23)28-22(26-18)24-16-7-5-6-8-17(16)30-4/h5-10H,11-12H2,1-4H3,(H,27,29)(H3,23,24,25,26,28). The summed E-state index contributed by atoms with van der Waals surface area (Å²) < 4.78 is 5.33. The molecule has 0 aliphatic rings. The molecule has 0 atom stereocenters. The largest absolute Gasteiger partial charge is 0.495 e. The lowest BCUT2D eigenvalue weighted by Crippen LogP contribution is -2.16. The Morgan fingerprint density at radius 3 is 2.52 bits per heavy atom. The van der Waals surface area contributed by atoms with Gasteiger partial charge in [0.15, 0.2) is 0 Å². The van der Waals surface area contributed by atoms with Crippen molar-refractivity contribution >= 4 is 40.9 Å². The molecule has 0 saturated heterocycles. The molecule has 0 saturated carbocycles. The van der Waals surface area contributed by atoms with Gasteiger partial charge in [-0.15, -0.1) is 11.8 Å². The molecule has 0 aliphatic heterocycles. The number of anilines is 4. The van der Waals surface area contributed by atoms with Crippen LogP contribution in [0.25, 0.3) is 0 Å². The van der Waals surface area contributed by atoms with Gasteiger partial charge in [0.1, 0.15) is 11.6 Å². The van der Waals surface area contributed by atoms with E-state index in [0.717, 1.165) is 22.5 Å². The minimum atomic E-state index is -0.0746. The highest BCUT2D eigenvalue weighted by molar-refractivity contribution is 7.99. The van der Waals surface area contributed by atoms with E-state index in [0.29, 0.717) is 23.3 Å². The molecule has 1 heterocycles. The van der Waals surface area contributed by atoms with Crippen molar-refractivity contribution in [3.05, 3.63) is 58.9 Å². The highest BCUT2D eigenvalue weighted by Crippen LogP contribution is 2.26. The first kappa shape index (κ1) is 22.4. The number of nitrogens with zero attached hydrogens (tertiary/aromatic N) is 3. The van der Waals surface area contributed by atoms with E-state index in [1.54, 1.807) is 7.11 Å². The number of carbonyl (C=O) groups is 1. The summed E-state index contributed by atoms with van der Waals surface area (Å²) in [5, 5.41) is 6.09. The zero-order chi connectivity index (χ0) is 22.4. The number of benzene rings is 2. The van der Waals surface area contributed by atoms with Crippen LogP contribution in [0.5, 0.6) is 5.75 Å². The summed E-state index contributed by atoms with van der Waals surface area (Å²) in [5.74, 6) is 2.21. The fourth-order valence-corrected chi connectivity index (χ4v) is 3.89. The number of thioether (sulfide) groups is 1. The van der Waals surface area contributed by atoms with Crippen molar-refractivity contribution in [2.45, 2.75) is 26.5 Å². The molecule has 2 aromatic carbocycles. The average Bonchev–Trinajstić information content (AvgIpc) is 2.70. The first-order chi connectivity index (χ1) is 14.9. The second-order valence-corrected chi connectivity index (χ2v) is 8.06. The molecule has 162 valence electrons. The van der Waals surface area contributed by atoms with Gasteiger partial charge in [0, 0.05) is 5.69 Å². The Kier molecular flexibility index (Phi) is 7.30. The Morgan fingerprint density at radius 2 is 1.81 bits per heavy atom. The maximum atomic E-state index is 12.4. The average molecular weight is 439 g/mol. The van der Waals surface area contributed by atoms with Crippen LogP contribution in [0.4, 0.5) is 23.3 Å². The maximum absolute atomic E-state index is 12.4. The summed E-state index contributed by atoms with van der Waals surface area (Å²) >= 11 is 1.41. The number of hydrogen-bond acceptors (Lipinski definition) is 8. The van der Waals surface area contributed by atoms with Crippen molar-refractivity contribution in [1.82, 2.24) is 15.0 Å². The van der Waals surface area contributed by atoms with Gasteiger partial charge in [-0.3, -0.25) is 4.79 Å². The van der Waals surface area contributed by atoms with E-state index in [1.165, 1.54) is 17.3 Å². The minimum Gasteiger partial charge on any atom is -0.495 e. The summed E-state index contributed by atoms with van der Waals surface area (Å²) in [4.78, 5) is 25.1. The number of amides is 1. The number of aromatic nitrogens is 3. The first-order valence-corrected chi connectivity index (χ1v) is 10.9. The zero-order valence-corrected chi connectivity index (χ0v) is 18.8. The fraction of sp³-hybridized carbons (Fsp3) is 0.273. The van der Waals surface area contributed by atoms with Gasteiger partial charge in [0.25, 0.3) is 0 Å². The van der Waals surface area contributed by atoms with Crippen molar-refractivity contribution in [2.24, 2.45) is 0 Å². The molecule has 0 fully saturated rings. The van der Waals surface area contributed by atoms with E-state index in [9.17, 15) is 4.79 Å². The molecule has 0 aliphatic carbocycles. The number of rotatable bonds is 8. The molecule has 31 heavy (non-hydrogen) atoms. The molecule has 3 aromatic rings. The molecule has 0 unspecified atom stereocenters. The van der Waals surface area contributed by atoms with Crippen LogP contribution >= 0.6 is 11.8 Å². The van der Waals surface area contributed by atoms with Crippen LogP contribution in [0.3, 0.4) is 0 Å². The van der Waals surface area contributed by atoms with Gasteiger partial charge in [-0.05, 0) is 44.0 Å². The smallest absolute Gasteiger partial charge is 0.234 e. The highest BCUT2D eigenvalue weighted by Gasteiger charge is 2.11. The number of aryl methyl sites for hydroxylation is 3. The van der Waals surface area contributed by atoms with Crippen LogP contribution in [0.15, 0.2) is 36.4 Å². The third-order valence-corrected chi connectivity index (χ3v) is 5.39. The minimum absolute atomic E-state index is 0.0746. The van der Waals surface area contributed by atoms with E-state index in [1.807, 2.05) is 45.0 Å². The quantitative estimate of drug-likeness (QED) is 0.483. The molecule has 9 heteroatoms. The molecule has 1 aromatic heterocycles. The molecule has 8 nitrogen and oxygen atoms in total. The van der Waals surface area contributed by atoms with Gasteiger partial charge < -0.3 is 21.1 Å². The number of methoxy groups -OCH3 is 1. The number of nitrogens with two attached hydrogens (primary N) is 1. The van der Waals surface area contributed by atoms with Crippen LogP contribution in [-0.4, -0.2) is 33.7 Å². The first-order valence-electron chi connectivity index (χ1n) is 9.71. The van der Waals surface area contributed by atoms with Crippen molar-refractivity contribution in [2.75, 3.05) is 29.2 Å². The summed E-state index contributed by atoms with van der Waals surface area (Å²) in [6, 6.07) is 11.5. The zero-order valence-electron chi connectivity index (χ0n) is 18.0. The summed E-state index contributed by atoms with van der Waals surface area (Å²) in [5.41, 5.74) is 10.7. The number of nitrogen functional groups attached to an aromatic ring is 1. The lowest BCUT2D eigenvalue weighted by Gasteiger charge is -2.13. The molecule has 3 rings (SSSR count). The lowest BCUT2D eigenvalue weighted by atomic mass is 10.1. The molecule has 0 bridgehead atoms. The number of carbonyl (C=O) groups excluding carboxylic acids is 1. The van der Waals surface area contributed by atoms with Crippen LogP contribution in [0.2, 0.25) is 0 Å². The lowest BCUT2D eigenvalue weighted by molar-refractivity contribution is -0.113. The Bertz CT molecular complexity index is 1070.